The summed E-state index contributed by atoms with van der Waals surface area (Å²) in [6.07, 6.45) is 3.23. The fourth-order valence-electron chi connectivity index (χ4n) is 2.91. The van der Waals surface area contributed by atoms with E-state index < -0.39 is 21.5 Å². The quantitative estimate of drug-likeness (QED) is 0.800. The van der Waals surface area contributed by atoms with Gasteiger partial charge in [0.15, 0.2) is 0 Å². The summed E-state index contributed by atoms with van der Waals surface area (Å²) in [5.41, 5.74) is 11.9. The Morgan fingerprint density at radius 2 is 1.88 bits per heavy atom. The van der Waals surface area contributed by atoms with E-state index in [1.165, 1.54) is 16.7 Å². The zero-order valence-electron chi connectivity index (χ0n) is 13.9. The van der Waals surface area contributed by atoms with Crippen LogP contribution in [0.1, 0.15) is 18.4 Å². The number of aryl methyl sites for hydroxylation is 1. The second kappa shape index (κ2) is 6.25. The number of para-hydroxylation sites is 1. The summed E-state index contributed by atoms with van der Waals surface area (Å²) in [5.74, 6) is -0.600. The van der Waals surface area contributed by atoms with Crippen LogP contribution in [0.2, 0.25) is 0 Å². The molecule has 134 valence electrons. The Labute approximate surface area is 146 Å². The van der Waals surface area contributed by atoms with E-state index in [0.717, 1.165) is 11.3 Å². The average molecular weight is 363 g/mol. The van der Waals surface area contributed by atoms with Gasteiger partial charge < -0.3 is 11.5 Å². The van der Waals surface area contributed by atoms with Gasteiger partial charge in [-0.15, -0.1) is 0 Å². The summed E-state index contributed by atoms with van der Waals surface area (Å²) in [5, 5.41) is 4.18. The number of piperidine rings is 1. The molecule has 0 atom stereocenters. The molecule has 1 aliphatic heterocycles. The molecule has 8 nitrogen and oxygen atoms in total. The highest BCUT2D eigenvalue weighted by atomic mass is 32.2. The topological polar surface area (TPSA) is 124 Å². The van der Waals surface area contributed by atoms with E-state index >= 15 is 0 Å². The zero-order chi connectivity index (χ0) is 18.2. The van der Waals surface area contributed by atoms with Gasteiger partial charge in [0.1, 0.15) is 4.90 Å². The number of aromatic nitrogens is 2. The highest BCUT2D eigenvalue weighted by Crippen LogP contribution is 2.25. The molecule has 3 rings (SSSR count). The predicted molar refractivity (Wildman–Crippen MR) is 92.4 cm³/mol. The van der Waals surface area contributed by atoms with Crippen LogP contribution in [0.5, 0.6) is 0 Å². The van der Waals surface area contributed by atoms with E-state index in [1.807, 2.05) is 31.2 Å². The molecule has 4 N–H and O–H groups in total. The van der Waals surface area contributed by atoms with Crippen LogP contribution in [0.25, 0.3) is 5.69 Å². The van der Waals surface area contributed by atoms with Gasteiger partial charge in [-0.05, 0) is 31.4 Å². The van der Waals surface area contributed by atoms with E-state index in [-0.39, 0.29) is 30.8 Å². The van der Waals surface area contributed by atoms with Gasteiger partial charge in [-0.1, -0.05) is 18.2 Å². The Bertz CT molecular complexity index is 898. The monoisotopic (exact) mass is 363 g/mol. The van der Waals surface area contributed by atoms with Crippen LogP contribution in [0.4, 0.5) is 0 Å². The van der Waals surface area contributed by atoms with Crippen LogP contribution >= 0.6 is 0 Å². The summed E-state index contributed by atoms with van der Waals surface area (Å²) < 4.78 is 28.5. The van der Waals surface area contributed by atoms with Gasteiger partial charge in [0.2, 0.25) is 15.9 Å². The van der Waals surface area contributed by atoms with Gasteiger partial charge in [0.25, 0.3) is 0 Å². The van der Waals surface area contributed by atoms with E-state index in [4.69, 9.17) is 11.5 Å². The smallest absolute Gasteiger partial charge is 0.246 e. The van der Waals surface area contributed by atoms with Gasteiger partial charge >= 0.3 is 0 Å². The van der Waals surface area contributed by atoms with Crippen LogP contribution in [0.15, 0.2) is 41.6 Å². The maximum absolute atomic E-state index is 12.8. The second-order valence-corrected chi connectivity index (χ2v) is 8.27. The Morgan fingerprint density at radius 3 is 2.48 bits per heavy atom. The molecule has 1 aromatic carbocycles. The van der Waals surface area contributed by atoms with Crippen molar-refractivity contribution < 1.29 is 13.2 Å². The number of primary amides is 1. The number of carbonyl (C=O) groups excluding carboxylic acids is 1. The Balaban J connectivity index is 1.83. The molecule has 1 aromatic heterocycles. The molecule has 0 spiro atoms. The molecule has 0 radical (unpaired) electrons. The normalized spacial score (nSPS) is 18.2. The standard InChI is InChI=1S/C16H21N5O3S/c1-12-4-2-3-5-14(12)21-11-13(10-19-21)25(23,24)20-8-6-16(18,7-9-20)15(17)22/h2-5,10-11H,6-9,18H2,1H3,(H2,17,22). The minimum absolute atomic E-state index is 0.111. The van der Waals surface area contributed by atoms with Crippen molar-refractivity contribution in [3.8, 4) is 5.69 Å². The number of nitrogens with two attached hydrogens (primary N) is 2. The molecule has 1 amide bonds. The minimum atomic E-state index is -3.70. The lowest BCUT2D eigenvalue weighted by molar-refractivity contribution is -0.124. The van der Waals surface area contributed by atoms with E-state index in [2.05, 4.69) is 5.10 Å². The van der Waals surface area contributed by atoms with Crippen molar-refractivity contribution in [3.05, 3.63) is 42.2 Å². The van der Waals surface area contributed by atoms with Crippen molar-refractivity contribution in [1.82, 2.24) is 14.1 Å². The SMILES string of the molecule is Cc1ccccc1-n1cc(S(=O)(=O)N2CCC(N)(C(N)=O)CC2)cn1. The molecule has 1 fully saturated rings. The summed E-state index contributed by atoms with van der Waals surface area (Å²) in [4.78, 5) is 11.5. The third kappa shape index (κ3) is 3.17. The number of carbonyl (C=O) groups is 1. The number of hydrogen-bond acceptors (Lipinski definition) is 5. The summed E-state index contributed by atoms with van der Waals surface area (Å²) in [7, 11) is -3.70. The molecule has 2 heterocycles. The first-order chi connectivity index (χ1) is 11.7. The molecule has 0 bridgehead atoms. The van der Waals surface area contributed by atoms with Crippen LogP contribution in [-0.4, -0.2) is 47.0 Å². The number of amides is 1. The van der Waals surface area contributed by atoms with Crippen molar-refractivity contribution in [2.75, 3.05) is 13.1 Å². The average Bonchev–Trinajstić information content (AvgIpc) is 3.06. The first-order valence-corrected chi connectivity index (χ1v) is 9.38. The van der Waals surface area contributed by atoms with Crippen LogP contribution in [0, 0.1) is 6.92 Å². The van der Waals surface area contributed by atoms with Crippen molar-refractivity contribution in [2.24, 2.45) is 11.5 Å². The third-order valence-corrected chi connectivity index (χ3v) is 6.52. The predicted octanol–water partition coefficient (Wildman–Crippen LogP) is 0.148. The summed E-state index contributed by atoms with van der Waals surface area (Å²) in [6.45, 7) is 2.23. The molecule has 0 aliphatic carbocycles. The van der Waals surface area contributed by atoms with Gasteiger partial charge in [0.05, 0.1) is 23.6 Å². The highest BCUT2D eigenvalue weighted by Gasteiger charge is 2.40. The maximum atomic E-state index is 12.8. The lowest BCUT2D eigenvalue weighted by atomic mass is 9.89. The molecular formula is C16H21N5O3S. The minimum Gasteiger partial charge on any atom is -0.368 e. The molecule has 2 aromatic rings. The molecule has 1 aliphatic rings. The summed E-state index contributed by atoms with van der Waals surface area (Å²) in [6, 6.07) is 7.58. The second-order valence-electron chi connectivity index (χ2n) is 6.33. The van der Waals surface area contributed by atoms with Gasteiger partial charge in [-0.2, -0.15) is 9.40 Å². The Hall–Kier alpha value is -2.23. The molecule has 25 heavy (non-hydrogen) atoms. The molecule has 1 saturated heterocycles. The number of rotatable bonds is 4. The molecule has 0 unspecified atom stereocenters. The fraction of sp³-hybridized carbons (Fsp3) is 0.375. The van der Waals surface area contributed by atoms with Gasteiger partial charge in [-0.3, -0.25) is 4.79 Å². The first kappa shape index (κ1) is 17.6. The number of benzene rings is 1. The van der Waals surface area contributed by atoms with Crippen LogP contribution in [0.3, 0.4) is 0 Å². The zero-order valence-corrected chi connectivity index (χ0v) is 14.7. The van der Waals surface area contributed by atoms with Crippen LogP contribution in [-0.2, 0) is 14.8 Å². The van der Waals surface area contributed by atoms with Gasteiger partial charge in [-0.25, -0.2) is 13.1 Å². The highest BCUT2D eigenvalue weighted by molar-refractivity contribution is 7.89. The Kier molecular flexibility index (Phi) is 4.40. The van der Waals surface area contributed by atoms with Gasteiger partial charge in [0, 0.05) is 13.1 Å². The van der Waals surface area contributed by atoms with E-state index in [1.54, 1.807) is 4.68 Å². The number of nitrogens with zero attached hydrogens (tertiary/aromatic N) is 3. The van der Waals surface area contributed by atoms with Crippen molar-refractivity contribution in [2.45, 2.75) is 30.2 Å². The molecule has 0 saturated carbocycles. The largest absolute Gasteiger partial charge is 0.368 e. The molecule has 9 heteroatoms. The first-order valence-electron chi connectivity index (χ1n) is 7.94. The Morgan fingerprint density at radius 1 is 1.24 bits per heavy atom. The lowest BCUT2D eigenvalue weighted by Crippen LogP contribution is -2.58. The number of hydrogen-bond donors (Lipinski definition) is 2. The van der Waals surface area contributed by atoms with Crippen LogP contribution < -0.4 is 11.5 Å². The summed E-state index contributed by atoms with van der Waals surface area (Å²) >= 11 is 0. The fourth-order valence-corrected chi connectivity index (χ4v) is 4.29. The number of sulfonamides is 1. The molecular weight excluding hydrogens is 342 g/mol. The maximum Gasteiger partial charge on any atom is 0.246 e. The van der Waals surface area contributed by atoms with E-state index in [0.29, 0.717) is 0 Å². The van der Waals surface area contributed by atoms with Crippen molar-refractivity contribution in [3.63, 3.8) is 0 Å². The lowest BCUT2D eigenvalue weighted by Gasteiger charge is -2.35. The van der Waals surface area contributed by atoms with Crippen molar-refractivity contribution in [1.29, 1.82) is 0 Å². The van der Waals surface area contributed by atoms with Crippen molar-refractivity contribution >= 4 is 15.9 Å². The third-order valence-electron chi connectivity index (χ3n) is 4.66. The van der Waals surface area contributed by atoms with E-state index in [9.17, 15) is 13.2 Å².